The molecule has 0 spiro atoms. The Balaban J connectivity index is 2.26. The van der Waals surface area contributed by atoms with E-state index in [0.717, 1.165) is 37.7 Å². The normalized spacial score (nSPS) is 40.7. The molecule has 2 N–H and O–H groups in total. The predicted octanol–water partition coefficient (Wildman–Crippen LogP) is 4.64. The number of hydrogen-bond donors (Lipinski definition) is 2. The maximum absolute atomic E-state index is 10.7. The molecule has 0 unspecified atom stereocenters. The van der Waals surface area contributed by atoms with Crippen molar-refractivity contribution in [1.29, 1.82) is 0 Å². The Labute approximate surface area is 146 Å². The average molecular weight is 338 g/mol. The van der Waals surface area contributed by atoms with Gasteiger partial charge in [0.2, 0.25) is 0 Å². The summed E-state index contributed by atoms with van der Waals surface area (Å²) in [6.45, 7) is 12.5. The molecule has 2 aliphatic heterocycles. The lowest BCUT2D eigenvalue weighted by Gasteiger charge is -2.51. The van der Waals surface area contributed by atoms with Gasteiger partial charge in [0, 0.05) is 0 Å². The quantitative estimate of drug-likeness (QED) is 0.415. The first-order chi connectivity index (χ1) is 11.2. The van der Waals surface area contributed by atoms with Gasteiger partial charge in [0.25, 0.3) is 0 Å². The minimum absolute atomic E-state index is 0.273. The van der Waals surface area contributed by atoms with Crippen LogP contribution in [0.5, 0.6) is 0 Å². The zero-order chi connectivity index (χ0) is 18.0. The van der Waals surface area contributed by atoms with Crippen molar-refractivity contribution in [1.82, 2.24) is 0 Å². The predicted molar refractivity (Wildman–Crippen MR) is 95.8 cm³/mol. The molecule has 2 heterocycles. The lowest BCUT2D eigenvalue weighted by atomic mass is 9.73. The zero-order valence-corrected chi connectivity index (χ0v) is 15.7. The van der Waals surface area contributed by atoms with Gasteiger partial charge in [-0.25, -0.2) is 4.89 Å². The Morgan fingerprint density at radius 2 is 1.96 bits per heavy atom. The molecule has 0 radical (unpaired) electrons. The summed E-state index contributed by atoms with van der Waals surface area (Å²) in [4.78, 5) is 4.67. The largest absolute Gasteiger partial charge is 0.390 e. The molecule has 3 aliphatic rings. The molecule has 0 aromatic heterocycles. The topological polar surface area (TPSA) is 58.9 Å². The van der Waals surface area contributed by atoms with Gasteiger partial charge in [0.05, 0.1) is 17.3 Å². The Morgan fingerprint density at radius 3 is 2.62 bits per heavy atom. The highest BCUT2D eigenvalue weighted by Gasteiger charge is 2.48. The van der Waals surface area contributed by atoms with Crippen molar-refractivity contribution in [3.8, 4) is 0 Å². The van der Waals surface area contributed by atoms with E-state index < -0.39 is 17.8 Å². The Morgan fingerprint density at radius 1 is 1.25 bits per heavy atom. The van der Waals surface area contributed by atoms with Crippen molar-refractivity contribution in [2.75, 3.05) is 0 Å². The zero-order valence-electron chi connectivity index (χ0n) is 15.7. The summed E-state index contributed by atoms with van der Waals surface area (Å²) >= 11 is 0. The monoisotopic (exact) mass is 338 g/mol. The van der Waals surface area contributed by atoms with E-state index >= 15 is 0 Å². The Kier molecular flexibility index (Phi) is 6.29. The van der Waals surface area contributed by atoms with Crippen LogP contribution in [0, 0.1) is 5.92 Å². The van der Waals surface area contributed by atoms with Gasteiger partial charge in [-0.15, -0.1) is 0 Å². The first kappa shape index (κ1) is 19.6. The molecule has 3 rings (SSSR count). The molecular formula is C20H34O4. The smallest absolute Gasteiger partial charge is 0.114 e. The van der Waals surface area contributed by atoms with E-state index in [2.05, 4.69) is 38.3 Å². The van der Waals surface area contributed by atoms with Gasteiger partial charge in [-0.05, 0) is 84.1 Å². The number of hydrogen-bond acceptors (Lipinski definition) is 4. The van der Waals surface area contributed by atoms with Gasteiger partial charge in [-0.1, -0.05) is 18.2 Å². The Bertz CT molecular complexity index is 482. The molecule has 2 bridgehead atoms. The van der Waals surface area contributed by atoms with Crippen LogP contribution in [-0.4, -0.2) is 33.8 Å². The summed E-state index contributed by atoms with van der Waals surface area (Å²) in [6.07, 6.45) is 7.09. The fraction of sp³-hybridized carbons (Fsp3) is 0.800. The van der Waals surface area contributed by atoms with Gasteiger partial charge in [-0.3, -0.25) is 5.26 Å². The maximum Gasteiger partial charge on any atom is 0.114 e. The van der Waals surface area contributed by atoms with E-state index in [9.17, 15) is 10.4 Å². The molecule has 24 heavy (non-hydrogen) atoms. The standard InChI is InChI=1S/C20H34O4/c1-14-7-6-8-15(2)17(23-22)11-12-20(5)18(21)13-16(10-9-14)19(3,4)24-20/h7,16-18,21-22H,2,6,8-13H2,1,3-5H3/b14-7-/t16-,17-,18-,20-/m1/s1. The van der Waals surface area contributed by atoms with Crippen molar-refractivity contribution in [2.24, 2.45) is 5.92 Å². The lowest BCUT2D eigenvalue weighted by Crippen LogP contribution is -2.57. The van der Waals surface area contributed by atoms with Crippen molar-refractivity contribution in [2.45, 2.75) is 96.1 Å². The molecule has 4 heteroatoms. The van der Waals surface area contributed by atoms with Crippen LogP contribution in [0.4, 0.5) is 0 Å². The summed E-state index contributed by atoms with van der Waals surface area (Å²) in [6, 6.07) is 0. The summed E-state index contributed by atoms with van der Waals surface area (Å²) in [5.74, 6) is 0.340. The number of allylic oxidation sites excluding steroid dienone is 2. The minimum Gasteiger partial charge on any atom is -0.390 e. The first-order valence-electron chi connectivity index (χ1n) is 9.19. The molecular weight excluding hydrogens is 304 g/mol. The molecule has 1 saturated heterocycles. The fourth-order valence-electron chi connectivity index (χ4n) is 4.16. The van der Waals surface area contributed by atoms with Gasteiger partial charge in [-0.2, -0.15) is 0 Å². The summed E-state index contributed by atoms with van der Waals surface area (Å²) < 4.78 is 6.41. The van der Waals surface area contributed by atoms with Crippen LogP contribution >= 0.6 is 0 Å². The molecule has 1 fully saturated rings. The third-order valence-electron chi connectivity index (χ3n) is 6.02. The highest BCUT2D eigenvalue weighted by atomic mass is 17.1. The Hall–Kier alpha value is -0.680. The lowest BCUT2D eigenvalue weighted by molar-refractivity contribution is -0.279. The summed E-state index contributed by atoms with van der Waals surface area (Å²) in [7, 11) is 0. The van der Waals surface area contributed by atoms with E-state index in [0.29, 0.717) is 18.8 Å². The van der Waals surface area contributed by atoms with E-state index in [-0.39, 0.29) is 5.60 Å². The van der Waals surface area contributed by atoms with Gasteiger partial charge < -0.3 is 9.84 Å². The molecule has 0 amide bonds. The van der Waals surface area contributed by atoms with E-state index in [4.69, 9.17) is 4.74 Å². The van der Waals surface area contributed by atoms with E-state index in [1.165, 1.54) is 5.57 Å². The van der Waals surface area contributed by atoms with Crippen molar-refractivity contribution < 1.29 is 20.0 Å². The van der Waals surface area contributed by atoms with Crippen LogP contribution in [0.25, 0.3) is 0 Å². The van der Waals surface area contributed by atoms with Crippen molar-refractivity contribution in [3.63, 3.8) is 0 Å². The van der Waals surface area contributed by atoms with Crippen LogP contribution in [0.1, 0.15) is 72.6 Å². The summed E-state index contributed by atoms with van der Waals surface area (Å²) in [5.41, 5.74) is 1.36. The number of aliphatic hydroxyl groups is 1. The van der Waals surface area contributed by atoms with Gasteiger partial charge in [0.15, 0.2) is 0 Å². The number of aliphatic hydroxyl groups excluding tert-OH is 1. The molecule has 0 aromatic rings. The third kappa shape index (κ3) is 4.48. The number of ether oxygens (including phenoxy) is 1. The van der Waals surface area contributed by atoms with Gasteiger partial charge in [0.1, 0.15) is 6.10 Å². The van der Waals surface area contributed by atoms with Crippen molar-refractivity contribution in [3.05, 3.63) is 23.8 Å². The molecule has 1 aliphatic carbocycles. The number of rotatable bonds is 1. The number of fused-ring (bicyclic) bond motifs is 10. The molecule has 0 aromatic carbocycles. The van der Waals surface area contributed by atoms with E-state index in [1.807, 2.05) is 6.92 Å². The second-order valence-electron chi connectivity index (χ2n) is 8.39. The fourth-order valence-corrected chi connectivity index (χ4v) is 4.16. The molecule has 138 valence electrons. The second kappa shape index (κ2) is 7.69. The SMILES string of the molecule is C=C1CC/C=C(/C)CC[C@@H]2C[C@@H](O)[C@@](C)(CC[C@H]1OO)OC2(C)C. The van der Waals surface area contributed by atoms with Crippen LogP contribution in [0.2, 0.25) is 0 Å². The van der Waals surface area contributed by atoms with Crippen LogP contribution < -0.4 is 0 Å². The van der Waals surface area contributed by atoms with E-state index in [1.54, 1.807) is 0 Å². The maximum atomic E-state index is 10.7. The summed E-state index contributed by atoms with van der Waals surface area (Å²) in [5, 5.41) is 20.0. The molecule has 0 saturated carbocycles. The highest BCUT2D eigenvalue weighted by Crippen LogP contribution is 2.44. The van der Waals surface area contributed by atoms with Crippen LogP contribution in [0.15, 0.2) is 23.8 Å². The second-order valence-corrected chi connectivity index (χ2v) is 8.39. The van der Waals surface area contributed by atoms with Crippen LogP contribution in [0.3, 0.4) is 0 Å². The highest BCUT2D eigenvalue weighted by molar-refractivity contribution is 5.08. The first-order valence-corrected chi connectivity index (χ1v) is 9.19. The van der Waals surface area contributed by atoms with Crippen LogP contribution in [-0.2, 0) is 9.62 Å². The average Bonchev–Trinajstić information content (AvgIpc) is 2.49. The molecule has 4 atom stereocenters. The molecule has 4 nitrogen and oxygen atoms in total. The van der Waals surface area contributed by atoms with Gasteiger partial charge >= 0.3 is 0 Å². The van der Waals surface area contributed by atoms with Crippen molar-refractivity contribution >= 4 is 0 Å². The third-order valence-corrected chi connectivity index (χ3v) is 6.02. The minimum atomic E-state index is -0.619.